The molecular formula is C12H14N2O5. The van der Waals surface area contributed by atoms with Crippen LogP contribution in [-0.4, -0.2) is 33.8 Å². The summed E-state index contributed by atoms with van der Waals surface area (Å²) in [6, 6.07) is 3.81. The molecule has 3 N–H and O–H groups in total. The fourth-order valence-electron chi connectivity index (χ4n) is 1.84. The van der Waals surface area contributed by atoms with Gasteiger partial charge in [0.05, 0.1) is 11.0 Å². The summed E-state index contributed by atoms with van der Waals surface area (Å²) in [7, 11) is 0. The number of benzene rings is 1. The molecule has 0 heterocycles. The van der Waals surface area contributed by atoms with Crippen molar-refractivity contribution in [3.05, 3.63) is 33.9 Å². The Morgan fingerprint density at radius 3 is 2.74 bits per heavy atom. The molecule has 1 unspecified atom stereocenters. The molecule has 19 heavy (non-hydrogen) atoms. The fourth-order valence-corrected chi connectivity index (χ4v) is 1.84. The Morgan fingerprint density at radius 1 is 1.53 bits per heavy atom. The van der Waals surface area contributed by atoms with Crippen molar-refractivity contribution in [3.63, 3.8) is 0 Å². The lowest BCUT2D eigenvalue weighted by molar-refractivity contribution is -0.385. The summed E-state index contributed by atoms with van der Waals surface area (Å²) in [5, 5.41) is 32.2. The van der Waals surface area contributed by atoms with E-state index in [0.29, 0.717) is 18.2 Å². The summed E-state index contributed by atoms with van der Waals surface area (Å²) in [6.45, 7) is 0.300. The van der Waals surface area contributed by atoms with E-state index in [1.165, 1.54) is 18.2 Å². The van der Waals surface area contributed by atoms with Gasteiger partial charge >= 0.3 is 5.97 Å². The monoisotopic (exact) mass is 266 g/mol. The Morgan fingerprint density at radius 2 is 2.21 bits per heavy atom. The molecule has 1 aliphatic rings. The zero-order chi connectivity index (χ0) is 14.0. The van der Waals surface area contributed by atoms with Gasteiger partial charge in [0.15, 0.2) is 0 Å². The van der Waals surface area contributed by atoms with E-state index in [1.807, 2.05) is 0 Å². The third-order valence-electron chi connectivity index (χ3n) is 3.11. The molecule has 102 valence electrons. The number of carboxylic acids is 1. The van der Waals surface area contributed by atoms with Gasteiger partial charge in [-0.1, -0.05) is 0 Å². The molecule has 1 aromatic carbocycles. The van der Waals surface area contributed by atoms with Crippen LogP contribution in [0.2, 0.25) is 0 Å². The predicted molar refractivity (Wildman–Crippen MR) is 67.3 cm³/mol. The van der Waals surface area contributed by atoms with Crippen molar-refractivity contribution >= 4 is 17.3 Å². The smallest absolute Gasteiger partial charge is 0.342 e. The molecule has 0 saturated heterocycles. The first kappa shape index (κ1) is 13.3. The van der Waals surface area contributed by atoms with Gasteiger partial charge in [0, 0.05) is 18.3 Å². The van der Waals surface area contributed by atoms with Gasteiger partial charge in [-0.2, -0.15) is 0 Å². The Kier molecular flexibility index (Phi) is 3.66. The van der Waals surface area contributed by atoms with E-state index >= 15 is 0 Å². The average Bonchev–Trinajstić information content (AvgIpc) is 3.19. The molecule has 2 rings (SSSR count). The van der Waals surface area contributed by atoms with Gasteiger partial charge in [-0.25, -0.2) is 4.79 Å². The molecule has 1 atom stereocenters. The summed E-state index contributed by atoms with van der Waals surface area (Å²) < 4.78 is 0. The van der Waals surface area contributed by atoms with Crippen molar-refractivity contribution in [2.45, 2.75) is 18.9 Å². The third-order valence-corrected chi connectivity index (χ3v) is 3.11. The number of hydrogen-bond donors (Lipinski definition) is 3. The first-order valence-corrected chi connectivity index (χ1v) is 5.92. The van der Waals surface area contributed by atoms with Crippen LogP contribution < -0.4 is 5.32 Å². The Bertz CT molecular complexity index is 513. The predicted octanol–water partition coefficient (Wildman–Crippen LogP) is 1.48. The molecule has 1 aliphatic carbocycles. The molecule has 0 radical (unpaired) electrons. The quantitative estimate of drug-likeness (QED) is 0.531. The fraction of sp³-hybridized carbons (Fsp3) is 0.417. The number of aromatic carboxylic acids is 1. The van der Waals surface area contributed by atoms with E-state index in [1.54, 1.807) is 0 Å². The van der Waals surface area contributed by atoms with Crippen molar-refractivity contribution < 1.29 is 19.9 Å². The van der Waals surface area contributed by atoms with Crippen LogP contribution in [0.4, 0.5) is 11.4 Å². The zero-order valence-electron chi connectivity index (χ0n) is 10.1. The lowest BCUT2D eigenvalue weighted by Gasteiger charge is -2.11. The minimum atomic E-state index is -1.34. The second-order valence-corrected chi connectivity index (χ2v) is 4.58. The van der Waals surface area contributed by atoms with Gasteiger partial charge in [0.25, 0.3) is 5.69 Å². The highest BCUT2D eigenvalue weighted by Gasteiger charge is 2.29. The molecule has 0 aromatic heterocycles. The summed E-state index contributed by atoms with van der Waals surface area (Å²) in [4.78, 5) is 20.9. The molecule has 0 amide bonds. The van der Waals surface area contributed by atoms with Crippen LogP contribution in [0.5, 0.6) is 0 Å². The van der Waals surface area contributed by atoms with Crippen LogP contribution >= 0.6 is 0 Å². The van der Waals surface area contributed by atoms with Crippen molar-refractivity contribution in [1.29, 1.82) is 0 Å². The van der Waals surface area contributed by atoms with Crippen LogP contribution in [0.1, 0.15) is 23.2 Å². The van der Waals surface area contributed by atoms with Crippen molar-refractivity contribution in [2.75, 3.05) is 11.9 Å². The number of nitrogens with one attached hydrogen (secondary N) is 1. The molecule has 7 nitrogen and oxygen atoms in total. The molecule has 1 fully saturated rings. The highest BCUT2D eigenvalue weighted by Crippen LogP contribution is 2.32. The van der Waals surface area contributed by atoms with Crippen molar-refractivity contribution in [1.82, 2.24) is 0 Å². The largest absolute Gasteiger partial charge is 0.477 e. The van der Waals surface area contributed by atoms with Crippen LogP contribution in [0.3, 0.4) is 0 Å². The lowest BCUT2D eigenvalue weighted by atomic mass is 10.1. The molecule has 0 aliphatic heterocycles. The molecule has 1 aromatic rings. The maximum atomic E-state index is 10.8. The SMILES string of the molecule is O=C(O)c1ccc(NCC(O)C2CC2)cc1[N+](=O)[O-]. The summed E-state index contributed by atoms with van der Waals surface area (Å²) in [5.74, 6) is -1.03. The minimum absolute atomic E-state index is 0.300. The molecule has 1 saturated carbocycles. The topological polar surface area (TPSA) is 113 Å². The first-order valence-electron chi connectivity index (χ1n) is 5.92. The van der Waals surface area contributed by atoms with Crippen molar-refractivity contribution in [3.8, 4) is 0 Å². The number of nitro benzene ring substituents is 1. The Labute approximate surface area is 109 Å². The first-order chi connectivity index (χ1) is 8.99. The number of nitrogens with zero attached hydrogens (tertiary/aromatic N) is 1. The van der Waals surface area contributed by atoms with E-state index in [4.69, 9.17) is 5.11 Å². The number of carboxylic acid groups (broad SMARTS) is 1. The maximum Gasteiger partial charge on any atom is 0.342 e. The molecule has 0 bridgehead atoms. The highest BCUT2D eigenvalue weighted by atomic mass is 16.6. The van der Waals surface area contributed by atoms with Gasteiger partial charge < -0.3 is 15.5 Å². The number of nitro groups is 1. The average molecular weight is 266 g/mol. The van der Waals surface area contributed by atoms with Gasteiger partial charge in [-0.05, 0) is 30.9 Å². The Hall–Kier alpha value is -2.15. The normalized spacial score (nSPS) is 15.8. The summed E-state index contributed by atoms with van der Waals surface area (Å²) in [5.41, 5.74) is -0.381. The van der Waals surface area contributed by atoms with E-state index in [2.05, 4.69) is 5.32 Å². The number of anilines is 1. The number of rotatable bonds is 6. The third kappa shape index (κ3) is 3.19. The van der Waals surface area contributed by atoms with Crippen LogP contribution in [-0.2, 0) is 0 Å². The second kappa shape index (κ2) is 5.23. The summed E-state index contributed by atoms with van der Waals surface area (Å²) in [6.07, 6.45) is 1.53. The standard InChI is InChI=1S/C12H14N2O5/c15-11(7-1-2-7)6-13-8-3-4-9(12(16)17)10(5-8)14(18)19/h3-5,7,11,13,15H,1-2,6H2,(H,16,17). The van der Waals surface area contributed by atoms with Crippen LogP contribution in [0.15, 0.2) is 18.2 Å². The highest BCUT2D eigenvalue weighted by molar-refractivity contribution is 5.93. The Balaban J connectivity index is 2.11. The lowest BCUT2D eigenvalue weighted by Crippen LogP contribution is -2.21. The van der Waals surface area contributed by atoms with Gasteiger partial charge in [0.2, 0.25) is 0 Å². The van der Waals surface area contributed by atoms with E-state index in [0.717, 1.165) is 12.8 Å². The van der Waals surface area contributed by atoms with Crippen molar-refractivity contribution in [2.24, 2.45) is 5.92 Å². The zero-order valence-corrected chi connectivity index (χ0v) is 10.1. The van der Waals surface area contributed by atoms with Gasteiger partial charge in [-0.15, -0.1) is 0 Å². The summed E-state index contributed by atoms with van der Waals surface area (Å²) >= 11 is 0. The van der Waals surface area contributed by atoms with E-state index in [9.17, 15) is 20.0 Å². The number of aliphatic hydroxyl groups excluding tert-OH is 1. The van der Waals surface area contributed by atoms with E-state index in [-0.39, 0.29) is 5.56 Å². The minimum Gasteiger partial charge on any atom is -0.477 e. The molecule has 0 spiro atoms. The van der Waals surface area contributed by atoms with E-state index < -0.39 is 22.7 Å². The number of aliphatic hydroxyl groups is 1. The maximum absolute atomic E-state index is 10.8. The number of hydrogen-bond acceptors (Lipinski definition) is 5. The van der Waals surface area contributed by atoms with Gasteiger partial charge in [-0.3, -0.25) is 10.1 Å². The van der Waals surface area contributed by atoms with Gasteiger partial charge in [0.1, 0.15) is 5.56 Å². The molecule has 7 heteroatoms. The van der Waals surface area contributed by atoms with Crippen LogP contribution in [0.25, 0.3) is 0 Å². The molecular weight excluding hydrogens is 252 g/mol. The second-order valence-electron chi connectivity index (χ2n) is 4.58. The van der Waals surface area contributed by atoms with Crippen LogP contribution in [0, 0.1) is 16.0 Å². The number of carbonyl (C=O) groups is 1.